The molecule has 1 aromatic heterocycles. The minimum atomic E-state index is -0.559. The maximum Gasteiger partial charge on any atom is 0.243 e. The Labute approximate surface area is 121 Å². The average Bonchev–Trinajstić information content (AvgIpc) is 2.87. The van der Waals surface area contributed by atoms with Crippen molar-refractivity contribution in [3.63, 3.8) is 0 Å². The van der Waals surface area contributed by atoms with Crippen molar-refractivity contribution in [1.82, 2.24) is 4.98 Å². The summed E-state index contributed by atoms with van der Waals surface area (Å²) in [4.78, 5) is 15.9. The van der Waals surface area contributed by atoms with Crippen molar-refractivity contribution in [3.05, 3.63) is 35.2 Å². The van der Waals surface area contributed by atoms with E-state index in [1.807, 2.05) is 17.5 Å². The molecule has 2 rings (SSSR count). The van der Waals surface area contributed by atoms with Crippen LogP contribution in [0.1, 0.15) is 19.4 Å². The van der Waals surface area contributed by atoms with Gasteiger partial charge in [-0.15, -0.1) is 22.9 Å². The molecule has 0 saturated carbocycles. The van der Waals surface area contributed by atoms with E-state index in [1.54, 1.807) is 6.92 Å². The zero-order valence-corrected chi connectivity index (χ0v) is 12.4. The van der Waals surface area contributed by atoms with E-state index in [2.05, 4.69) is 29.4 Å². The number of nitrogens with zero attached hydrogens (tertiary/aromatic N) is 1. The molecule has 3 nitrogen and oxygen atoms in total. The molecule has 0 aliphatic rings. The summed E-state index contributed by atoms with van der Waals surface area (Å²) in [5.41, 5.74) is 3.21. The van der Waals surface area contributed by atoms with Crippen LogP contribution in [0.3, 0.4) is 0 Å². The molecule has 0 aliphatic heterocycles. The number of anilines is 1. The second-order valence-electron chi connectivity index (χ2n) is 4.19. The minimum Gasteiger partial charge on any atom is -0.301 e. The zero-order valence-electron chi connectivity index (χ0n) is 10.8. The molecule has 1 heterocycles. The largest absolute Gasteiger partial charge is 0.301 e. The Hall–Kier alpha value is -1.39. The number of benzene rings is 1. The molecular formula is C14H15ClN2OS. The van der Waals surface area contributed by atoms with Crippen LogP contribution in [0.2, 0.25) is 0 Å². The first-order chi connectivity index (χ1) is 9.10. The first-order valence-electron chi connectivity index (χ1n) is 6.10. The van der Waals surface area contributed by atoms with Gasteiger partial charge in [0.25, 0.3) is 0 Å². The fourth-order valence-electron chi connectivity index (χ4n) is 1.58. The minimum absolute atomic E-state index is 0.233. The summed E-state index contributed by atoms with van der Waals surface area (Å²) in [7, 11) is 0. The molecule has 0 bridgehead atoms. The van der Waals surface area contributed by atoms with Crippen LogP contribution < -0.4 is 5.32 Å². The van der Waals surface area contributed by atoms with Crippen LogP contribution in [0, 0.1) is 0 Å². The summed E-state index contributed by atoms with van der Waals surface area (Å²) in [6, 6.07) is 8.27. The molecule has 19 heavy (non-hydrogen) atoms. The highest BCUT2D eigenvalue weighted by molar-refractivity contribution is 7.14. The Morgan fingerprint density at radius 2 is 2.11 bits per heavy atom. The molecule has 1 N–H and O–H groups in total. The van der Waals surface area contributed by atoms with Crippen LogP contribution >= 0.6 is 22.9 Å². The molecular weight excluding hydrogens is 280 g/mol. The third-order valence-electron chi connectivity index (χ3n) is 2.75. The van der Waals surface area contributed by atoms with Crippen LogP contribution in [-0.4, -0.2) is 16.3 Å². The maximum absolute atomic E-state index is 11.5. The highest BCUT2D eigenvalue weighted by Gasteiger charge is 2.12. The fourth-order valence-corrected chi connectivity index (χ4v) is 2.36. The van der Waals surface area contributed by atoms with Gasteiger partial charge in [-0.3, -0.25) is 4.79 Å². The average molecular weight is 295 g/mol. The van der Waals surface area contributed by atoms with E-state index in [0.717, 1.165) is 17.7 Å². The number of carbonyl (C=O) groups is 1. The summed E-state index contributed by atoms with van der Waals surface area (Å²) >= 11 is 7.10. The molecule has 100 valence electrons. The number of halogens is 1. The highest BCUT2D eigenvalue weighted by Crippen LogP contribution is 2.25. The van der Waals surface area contributed by atoms with Gasteiger partial charge in [0.1, 0.15) is 5.38 Å². The Balaban J connectivity index is 2.13. The van der Waals surface area contributed by atoms with Crippen LogP contribution in [0.15, 0.2) is 29.6 Å². The van der Waals surface area contributed by atoms with Crippen molar-refractivity contribution >= 4 is 34.0 Å². The van der Waals surface area contributed by atoms with Crippen molar-refractivity contribution in [3.8, 4) is 11.3 Å². The highest BCUT2D eigenvalue weighted by atomic mass is 35.5. The van der Waals surface area contributed by atoms with E-state index in [1.165, 1.54) is 16.9 Å². The molecule has 2 aromatic rings. The summed E-state index contributed by atoms with van der Waals surface area (Å²) < 4.78 is 0. The van der Waals surface area contributed by atoms with E-state index in [0.29, 0.717) is 5.13 Å². The van der Waals surface area contributed by atoms with Gasteiger partial charge in [-0.25, -0.2) is 4.98 Å². The number of amides is 1. The number of rotatable bonds is 4. The molecule has 0 aliphatic carbocycles. The Morgan fingerprint density at radius 3 is 2.68 bits per heavy atom. The smallest absolute Gasteiger partial charge is 0.243 e. The van der Waals surface area contributed by atoms with Gasteiger partial charge in [0.15, 0.2) is 5.13 Å². The first kappa shape index (κ1) is 14.0. The second-order valence-corrected chi connectivity index (χ2v) is 5.71. The number of carbonyl (C=O) groups excluding carboxylic acids is 1. The molecule has 0 radical (unpaired) electrons. The van der Waals surface area contributed by atoms with Crippen molar-refractivity contribution in [2.24, 2.45) is 0 Å². The van der Waals surface area contributed by atoms with Gasteiger partial charge in [0.2, 0.25) is 5.91 Å². The van der Waals surface area contributed by atoms with E-state index in [9.17, 15) is 4.79 Å². The lowest BCUT2D eigenvalue weighted by molar-refractivity contribution is -0.115. The molecule has 1 atom stereocenters. The number of thiazole rings is 1. The molecule has 0 saturated heterocycles. The fraction of sp³-hybridized carbons (Fsp3) is 0.286. The lowest BCUT2D eigenvalue weighted by atomic mass is 10.1. The van der Waals surface area contributed by atoms with Crippen LogP contribution in [0.5, 0.6) is 0 Å². The Bertz CT molecular complexity index is 563. The normalized spacial score (nSPS) is 12.2. The van der Waals surface area contributed by atoms with Gasteiger partial charge < -0.3 is 5.32 Å². The molecule has 1 unspecified atom stereocenters. The van der Waals surface area contributed by atoms with E-state index in [-0.39, 0.29) is 5.91 Å². The lowest BCUT2D eigenvalue weighted by Gasteiger charge is -2.02. The van der Waals surface area contributed by atoms with Crippen molar-refractivity contribution in [2.45, 2.75) is 25.6 Å². The van der Waals surface area contributed by atoms with E-state index < -0.39 is 5.38 Å². The summed E-state index contributed by atoms with van der Waals surface area (Å²) in [5.74, 6) is -0.233. The van der Waals surface area contributed by atoms with Crippen molar-refractivity contribution in [2.75, 3.05) is 5.32 Å². The number of alkyl halides is 1. The van der Waals surface area contributed by atoms with Gasteiger partial charge in [-0.1, -0.05) is 31.2 Å². The van der Waals surface area contributed by atoms with Gasteiger partial charge >= 0.3 is 0 Å². The third kappa shape index (κ3) is 3.55. The van der Waals surface area contributed by atoms with Gasteiger partial charge in [-0.2, -0.15) is 0 Å². The quantitative estimate of drug-likeness (QED) is 0.868. The number of hydrogen-bond donors (Lipinski definition) is 1. The summed E-state index contributed by atoms with van der Waals surface area (Å²) in [6.07, 6.45) is 1.02. The Morgan fingerprint density at radius 1 is 1.42 bits per heavy atom. The van der Waals surface area contributed by atoms with Crippen molar-refractivity contribution < 1.29 is 4.79 Å². The predicted molar refractivity (Wildman–Crippen MR) is 80.9 cm³/mol. The maximum atomic E-state index is 11.5. The number of hydrogen-bond acceptors (Lipinski definition) is 3. The third-order valence-corrected chi connectivity index (χ3v) is 3.71. The first-order valence-corrected chi connectivity index (χ1v) is 7.41. The molecule has 5 heteroatoms. The van der Waals surface area contributed by atoms with Gasteiger partial charge in [0.05, 0.1) is 5.69 Å². The van der Waals surface area contributed by atoms with Crippen LogP contribution in [0.25, 0.3) is 11.3 Å². The molecule has 1 amide bonds. The monoisotopic (exact) mass is 294 g/mol. The van der Waals surface area contributed by atoms with E-state index in [4.69, 9.17) is 11.6 Å². The SMILES string of the molecule is CCc1ccc(-c2csc(NC(=O)C(C)Cl)n2)cc1. The van der Waals surface area contributed by atoms with Crippen LogP contribution in [0.4, 0.5) is 5.13 Å². The topological polar surface area (TPSA) is 42.0 Å². The zero-order chi connectivity index (χ0) is 13.8. The van der Waals surface area contributed by atoms with Gasteiger partial charge in [0, 0.05) is 10.9 Å². The second kappa shape index (κ2) is 6.17. The summed E-state index contributed by atoms with van der Waals surface area (Å²) in [6.45, 7) is 3.76. The Kier molecular flexibility index (Phi) is 4.56. The number of aryl methyl sites for hydroxylation is 1. The standard InChI is InChI=1S/C14H15ClN2OS/c1-3-10-4-6-11(7-5-10)12-8-19-14(16-12)17-13(18)9(2)15/h4-9H,3H2,1-2H3,(H,16,17,18). The van der Waals surface area contributed by atoms with Gasteiger partial charge in [-0.05, 0) is 18.9 Å². The summed E-state index contributed by atoms with van der Waals surface area (Å²) in [5, 5.41) is 4.63. The van der Waals surface area contributed by atoms with E-state index >= 15 is 0 Å². The predicted octanol–water partition coefficient (Wildman–Crippen LogP) is 3.94. The van der Waals surface area contributed by atoms with Crippen LogP contribution in [-0.2, 0) is 11.2 Å². The lowest BCUT2D eigenvalue weighted by Crippen LogP contribution is -2.20. The number of nitrogens with one attached hydrogen (secondary N) is 1. The molecule has 1 aromatic carbocycles. The number of aromatic nitrogens is 1. The molecule has 0 fully saturated rings. The molecule has 0 spiro atoms. The van der Waals surface area contributed by atoms with Crippen molar-refractivity contribution in [1.29, 1.82) is 0 Å².